The number of hydrazine groups is 1. The summed E-state index contributed by atoms with van der Waals surface area (Å²) in [7, 11) is 0. The Labute approximate surface area is 154 Å². The van der Waals surface area contributed by atoms with Gasteiger partial charge in [0, 0.05) is 6.54 Å². The minimum Gasteiger partial charge on any atom is -0.509 e. The second kappa shape index (κ2) is 7.50. The lowest BCUT2D eigenvalue weighted by molar-refractivity contribution is -0.165. The van der Waals surface area contributed by atoms with E-state index >= 15 is 0 Å². The summed E-state index contributed by atoms with van der Waals surface area (Å²) in [5, 5.41) is 22.0. The molecule has 1 unspecified atom stereocenters. The van der Waals surface area contributed by atoms with Crippen LogP contribution in [0.2, 0.25) is 0 Å². The molecule has 0 saturated heterocycles. The number of carboxylic acids is 1. The fourth-order valence-corrected chi connectivity index (χ4v) is 3.21. The maximum atomic E-state index is 13.3. The van der Waals surface area contributed by atoms with Crippen LogP contribution in [0.25, 0.3) is 0 Å². The van der Waals surface area contributed by atoms with Gasteiger partial charge in [0.05, 0.1) is 17.8 Å². The number of nitrogens with zero attached hydrogens (tertiary/aromatic N) is 2. The number of carbonyl (C=O) groups excluding carboxylic acids is 1. The summed E-state index contributed by atoms with van der Waals surface area (Å²) in [6, 6.07) is 4.81. The largest absolute Gasteiger partial charge is 0.509 e. The Kier molecular flexibility index (Phi) is 5.72. The van der Waals surface area contributed by atoms with Crippen LogP contribution >= 0.6 is 0 Å². The van der Waals surface area contributed by atoms with Crippen molar-refractivity contribution >= 4 is 11.9 Å². The number of rotatable bonds is 5. The number of halogens is 3. The zero-order valence-electron chi connectivity index (χ0n) is 15.1. The number of aliphatic hydroxyl groups excluding tert-OH is 1. The second-order valence-electron chi connectivity index (χ2n) is 6.46. The van der Waals surface area contributed by atoms with Gasteiger partial charge in [-0.05, 0) is 24.5 Å². The van der Waals surface area contributed by atoms with E-state index in [4.69, 9.17) is 0 Å². The molecule has 0 spiro atoms. The van der Waals surface area contributed by atoms with Gasteiger partial charge < -0.3 is 10.2 Å². The molecule has 0 saturated carbocycles. The monoisotopic (exact) mass is 386 g/mol. The number of amides is 1. The standard InChI is InChI=1S/C18H21F3N2O4/c1-4-22-14(10(2)3)15(24)13(17(26)27)16(25)23(22)9-11-7-5-6-8-12(11)18(19,20)21/h5-8,10,13,24H,4,9H2,1-3H3,(H,26,27). The van der Waals surface area contributed by atoms with Crippen molar-refractivity contribution in [3.05, 3.63) is 46.8 Å². The van der Waals surface area contributed by atoms with E-state index in [0.29, 0.717) is 0 Å². The van der Waals surface area contributed by atoms with Crippen molar-refractivity contribution in [1.82, 2.24) is 10.0 Å². The highest BCUT2D eigenvalue weighted by molar-refractivity contribution is 6.00. The molecular formula is C18H21F3N2O4. The number of hydrogen-bond acceptors (Lipinski definition) is 4. The van der Waals surface area contributed by atoms with Crippen molar-refractivity contribution < 1.29 is 33.0 Å². The van der Waals surface area contributed by atoms with Crippen LogP contribution in [0.1, 0.15) is 31.9 Å². The average Bonchev–Trinajstić information content (AvgIpc) is 2.55. The molecule has 27 heavy (non-hydrogen) atoms. The molecule has 1 heterocycles. The minimum absolute atomic E-state index is 0.162. The number of benzene rings is 1. The average molecular weight is 386 g/mol. The summed E-state index contributed by atoms with van der Waals surface area (Å²) in [5.74, 6) is -5.31. The Morgan fingerprint density at radius 2 is 1.81 bits per heavy atom. The molecule has 1 atom stereocenters. The first kappa shape index (κ1) is 20.6. The maximum absolute atomic E-state index is 13.3. The highest BCUT2D eigenvalue weighted by atomic mass is 19.4. The van der Waals surface area contributed by atoms with Crippen LogP contribution in [0.3, 0.4) is 0 Å². The normalized spacial score (nSPS) is 18.5. The molecule has 0 fully saturated rings. The molecule has 0 aliphatic carbocycles. The first-order valence-electron chi connectivity index (χ1n) is 8.40. The van der Waals surface area contributed by atoms with Crippen LogP contribution in [0.15, 0.2) is 35.7 Å². The fourth-order valence-electron chi connectivity index (χ4n) is 3.21. The van der Waals surface area contributed by atoms with Crippen molar-refractivity contribution in [2.75, 3.05) is 6.54 Å². The van der Waals surface area contributed by atoms with E-state index in [1.165, 1.54) is 23.2 Å². The number of carbonyl (C=O) groups is 2. The van der Waals surface area contributed by atoms with E-state index in [2.05, 4.69) is 0 Å². The second-order valence-corrected chi connectivity index (χ2v) is 6.46. The summed E-state index contributed by atoms with van der Waals surface area (Å²) < 4.78 is 39.9. The van der Waals surface area contributed by atoms with Crippen LogP contribution in [0.4, 0.5) is 13.2 Å². The Bertz CT molecular complexity index is 774. The fraction of sp³-hybridized carbons (Fsp3) is 0.444. The molecular weight excluding hydrogens is 365 g/mol. The van der Waals surface area contributed by atoms with E-state index in [9.17, 15) is 33.0 Å². The third kappa shape index (κ3) is 3.86. The zero-order chi connectivity index (χ0) is 20.5. The summed E-state index contributed by atoms with van der Waals surface area (Å²) in [5.41, 5.74) is -0.856. The van der Waals surface area contributed by atoms with E-state index in [0.717, 1.165) is 11.1 Å². The summed E-state index contributed by atoms with van der Waals surface area (Å²) in [4.78, 5) is 24.2. The van der Waals surface area contributed by atoms with Crippen LogP contribution in [-0.2, 0) is 22.3 Å². The lowest BCUT2D eigenvalue weighted by Gasteiger charge is -2.44. The van der Waals surface area contributed by atoms with Gasteiger partial charge in [0.15, 0.2) is 5.92 Å². The Hall–Kier alpha value is -2.71. The predicted octanol–water partition coefficient (Wildman–Crippen LogP) is 3.41. The third-order valence-electron chi connectivity index (χ3n) is 4.34. The first-order valence-corrected chi connectivity index (χ1v) is 8.40. The van der Waals surface area contributed by atoms with E-state index in [1.54, 1.807) is 20.8 Å². The number of aliphatic hydroxyl groups is 1. The molecule has 2 rings (SSSR count). The van der Waals surface area contributed by atoms with Crippen molar-refractivity contribution in [3.63, 3.8) is 0 Å². The topological polar surface area (TPSA) is 81.1 Å². The number of carboxylic acid groups (broad SMARTS) is 1. The van der Waals surface area contributed by atoms with Crippen molar-refractivity contribution in [3.8, 4) is 0 Å². The van der Waals surface area contributed by atoms with Gasteiger partial charge in [0.1, 0.15) is 5.76 Å². The van der Waals surface area contributed by atoms with Gasteiger partial charge in [-0.1, -0.05) is 32.0 Å². The molecule has 1 amide bonds. The summed E-state index contributed by atoms with van der Waals surface area (Å²) in [6.45, 7) is 4.77. The summed E-state index contributed by atoms with van der Waals surface area (Å²) >= 11 is 0. The van der Waals surface area contributed by atoms with Crippen molar-refractivity contribution in [1.29, 1.82) is 0 Å². The molecule has 6 nitrogen and oxygen atoms in total. The first-order chi connectivity index (χ1) is 12.5. The number of alkyl halides is 3. The van der Waals surface area contributed by atoms with E-state index < -0.39 is 41.8 Å². The van der Waals surface area contributed by atoms with Gasteiger partial charge in [-0.2, -0.15) is 13.2 Å². The molecule has 1 aromatic rings. The van der Waals surface area contributed by atoms with Crippen LogP contribution in [0, 0.1) is 11.8 Å². The quantitative estimate of drug-likeness (QED) is 0.758. The molecule has 0 aromatic heterocycles. The van der Waals surface area contributed by atoms with Crippen molar-refractivity contribution in [2.45, 2.75) is 33.5 Å². The van der Waals surface area contributed by atoms with Crippen LogP contribution in [-0.4, -0.2) is 38.7 Å². The molecule has 9 heteroatoms. The minimum atomic E-state index is -4.61. The van der Waals surface area contributed by atoms with Crippen molar-refractivity contribution in [2.24, 2.45) is 11.8 Å². The zero-order valence-corrected chi connectivity index (χ0v) is 15.1. The van der Waals surface area contributed by atoms with Gasteiger partial charge in [-0.25, -0.2) is 5.01 Å². The van der Waals surface area contributed by atoms with Crippen LogP contribution in [0.5, 0.6) is 0 Å². The highest BCUT2D eigenvalue weighted by Crippen LogP contribution is 2.36. The predicted molar refractivity (Wildman–Crippen MR) is 90.0 cm³/mol. The molecule has 148 valence electrons. The molecule has 2 N–H and O–H groups in total. The Balaban J connectivity index is 2.56. The molecule has 0 radical (unpaired) electrons. The molecule has 1 aromatic carbocycles. The number of allylic oxidation sites excluding steroid dienone is 1. The lowest BCUT2D eigenvalue weighted by Crippen LogP contribution is -2.55. The SMILES string of the molecule is CCN1C(C(C)C)=C(O)C(C(=O)O)C(=O)N1Cc1ccccc1C(F)(F)F. The molecule has 1 aliphatic rings. The smallest absolute Gasteiger partial charge is 0.416 e. The molecule has 1 aliphatic heterocycles. The van der Waals surface area contributed by atoms with Gasteiger partial charge in [0.25, 0.3) is 5.91 Å². The Morgan fingerprint density at radius 1 is 1.22 bits per heavy atom. The lowest BCUT2D eigenvalue weighted by atomic mass is 9.96. The Morgan fingerprint density at radius 3 is 2.30 bits per heavy atom. The summed E-state index contributed by atoms with van der Waals surface area (Å²) in [6.07, 6.45) is -4.61. The van der Waals surface area contributed by atoms with Gasteiger partial charge in [0.2, 0.25) is 0 Å². The number of aliphatic carboxylic acids is 1. The van der Waals surface area contributed by atoms with Gasteiger partial charge in [-0.15, -0.1) is 0 Å². The van der Waals surface area contributed by atoms with E-state index in [1.807, 2.05) is 0 Å². The third-order valence-corrected chi connectivity index (χ3v) is 4.34. The molecule has 0 bridgehead atoms. The van der Waals surface area contributed by atoms with Gasteiger partial charge >= 0.3 is 12.1 Å². The highest BCUT2D eigenvalue weighted by Gasteiger charge is 2.45. The van der Waals surface area contributed by atoms with Gasteiger partial charge in [-0.3, -0.25) is 14.6 Å². The maximum Gasteiger partial charge on any atom is 0.416 e. The van der Waals surface area contributed by atoms with Crippen LogP contribution < -0.4 is 0 Å². The number of hydrogen-bond donors (Lipinski definition) is 2. The van der Waals surface area contributed by atoms with E-state index in [-0.39, 0.29) is 23.7 Å².